The molecule has 0 aromatic heterocycles. The molecule has 0 saturated heterocycles. The second-order valence-electron chi connectivity index (χ2n) is 6.23. The average molecular weight is 325 g/mol. The number of ether oxygens (including phenoxy) is 1. The third-order valence-corrected chi connectivity index (χ3v) is 3.90. The third-order valence-electron chi connectivity index (χ3n) is 3.90. The van der Waals surface area contributed by atoms with Crippen molar-refractivity contribution in [3.63, 3.8) is 0 Å². The van der Waals surface area contributed by atoms with Gasteiger partial charge in [-0.3, -0.25) is 4.79 Å². The number of benzene rings is 2. The monoisotopic (exact) mass is 325 g/mol. The molecule has 1 unspecified atom stereocenters. The summed E-state index contributed by atoms with van der Waals surface area (Å²) in [5.41, 5.74) is 3.59. The van der Waals surface area contributed by atoms with Crippen molar-refractivity contribution >= 4 is 5.91 Å². The van der Waals surface area contributed by atoms with Crippen LogP contribution < -0.4 is 10.1 Å². The second-order valence-corrected chi connectivity index (χ2v) is 6.23. The molecule has 0 aliphatic carbocycles. The molecule has 0 saturated carbocycles. The summed E-state index contributed by atoms with van der Waals surface area (Å²) in [7, 11) is 0. The van der Waals surface area contributed by atoms with Crippen molar-refractivity contribution in [2.75, 3.05) is 6.61 Å². The number of carbonyl (C=O) groups is 1. The van der Waals surface area contributed by atoms with Gasteiger partial charge in [-0.05, 0) is 48.6 Å². The Morgan fingerprint density at radius 1 is 1.04 bits per heavy atom. The molecule has 0 heterocycles. The number of rotatable bonds is 8. The Bertz CT molecular complexity index is 632. The number of unbranched alkanes of at least 4 members (excludes halogenated alkanes) is 1. The molecular formula is C21H27NO2. The Morgan fingerprint density at radius 3 is 2.17 bits per heavy atom. The summed E-state index contributed by atoms with van der Waals surface area (Å²) < 4.78 is 5.70. The Labute approximate surface area is 145 Å². The van der Waals surface area contributed by atoms with E-state index in [0.29, 0.717) is 0 Å². The Balaban J connectivity index is 1.96. The molecule has 128 valence electrons. The largest absolute Gasteiger partial charge is 0.494 e. The number of hydrogen-bond donors (Lipinski definition) is 1. The quantitative estimate of drug-likeness (QED) is 0.720. The lowest BCUT2D eigenvalue weighted by atomic mass is 10.0. The smallest absolute Gasteiger partial charge is 0.217 e. The summed E-state index contributed by atoms with van der Waals surface area (Å²) >= 11 is 0. The number of amides is 1. The van der Waals surface area contributed by atoms with Crippen LogP contribution in [-0.4, -0.2) is 18.6 Å². The highest BCUT2D eigenvalue weighted by atomic mass is 16.5. The van der Waals surface area contributed by atoms with Gasteiger partial charge in [0, 0.05) is 13.0 Å². The van der Waals surface area contributed by atoms with Crippen LogP contribution >= 0.6 is 0 Å². The van der Waals surface area contributed by atoms with E-state index in [2.05, 4.69) is 48.6 Å². The first-order valence-electron chi connectivity index (χ1n) is 8.67. The minimum absolute atomic E-state index is 0.0142. The average Bonchev–Trinajstić information content (AvgIpc) is 2.56. The van der Waals surface area contributed by atoms with Gasteiger partial charge in [0.1, 0.15) is 5.75 Å². The van der Waals surface area contributed by atoms with Gasteiger partial charge in [0.25, 0.3) is 0 Å². The van der Waals surface area contributed by atoms with Gasteiger partial charge in [-0.15, -0.1) is 0 Å². The van der Waals surface area contributed by atoms with Crippen LogP contribution in [0.3, 0.4) is 0 Å². The Morgan fingerprint density at radius 2 is 1.62 bits per heavy atom. The van der Waals surface area contributed by atoms with Crippen LogP contribution in [0, 0.1) is 0 Å². The molecule has 3 heteroatoms. The molecule has 0 aliphatic rings. The van der Waals surface area contributed by atoms with Crippen molar-refractivity contribution in [1.29, 1.82) is 0 Å². The number of carbonyl (C=O) groups excluding carboxylic acids is 1. The van der Waals surface area contributed by atoms with Gasteiger partial charge in [-0.25, -0.2) is 0 Å². The summed E-state index contributed by atoms with van der Waals surface area (Å²) in [5, 5.41) is 2.91. The SMILES string of the molecule is CCCCOc1ccc(-c2ccc(CC(C)NC(C)=O)cc2)cc1. The van der Waals surface area contributed by atoms with E-state index in [4.69, 9.17) is 4.74 Å². The normalized spacial score (nSPS) is 11.8. The Hall–Kier alpha value is -2.29. The van der Waals surface area contributed by atoms with E-state index >= 15 is 0 Å². The lowest BCUT2D eigenvalue weighted by Gasteiger charge is -2.13. The number of hydrogen-bond acceptors (Lipinski definition) is 2. The van der Waals surface area contributed by atoms with Crippen LogP contribution in [0.4, 0.5) is 0 Å². The van der Waals surface area contributed by atoms with Gasteiger partial charge in [0.05, 0.1) is 6.61 Å². The molecule has 0 bridgehead atoms. The van der Waals surface area contributed by atoms with Crippen LogP contribution in [0.2, 0.25) is 0 Å². The lowest BCUT2D eigenvalue weighted by Crippen LogP contribution is -2.31. The fourth-order valence-electron chi connectivity index (χ4n) is 2.66. The molecule has 0 radical (unpaired) electrons. The van der Waals surface area contributed by atoms with Crippen molar-refractivity contribution in [2.45, 2.75) is 46.1 Å². The van der Waals surface area contributed by atoms with Crippen molar-refractivity contribution in [1.82, 2.24) is 5.32 Å². The fourth-order valence-corrected chi connectivity index (χ4v) is 2.66. The van der Waals surface area contributed by atoms with E-state index < -0.39 is 0 Å². The molecule has 2 aromatic carbocycles. The van der Waals surface area contributed by atoms with Crippen molar-refractivity contribution < 1.29 is 9.53 Å². The van der Waals surface area contributed by atoms with Crippen LogP contribution in [-0.2, 0) is 11.2 Å². The van der Waals surface area contributed by atoms with Gasteiger partial charge in [0.2, 0.25) is 5.91 Å². The predicted molar refractivity (Wildman–Crippen MR) is 99.3 cm³/mol. The Kier molecular flexibility index (Phi) is 6.86. The van der Waals surface area contributed by atoms with Crippen LogP contribution in [0.5, 0.6) is 5.75 Å². The summed E-state index contributed by atoms with van der Waals surface area (Å²) in [6.45, 7) is 6.51. The van der Waals surface area contributed by atoms with E-state index in [1.807, 2.05) is 19.1 Å². The summed E-state index contributed by atoms with van der Waals surface area (Å²) in [6.07, 6.45) is 3.06. The zero-order valence-electron chi connectivity index (χ0n) is 14.8. The molecule has 2 rings (SSSR count). The summed E-state index contributed by atoms with van der Waals surface area (Å²) in [5.74, 6) is 0.938. The van der Waals surface area contributed by atoms with Crippen LogP contribution in [0.1, 0.15) is 39.2 Å². The first-order valence-corrected chi connectivity index (χ1v) is 8.67. The molecule has 0 spiro atoms. The fraction of sp³-hybridized carbons (Fsp3) is 0.381. The van der Waals surface area contributed by atoms with Gasteiger partial charge >= 0.3 is 0 Å². The van der Waals surface area contributed by atoms with Gasteiger partial charge in [0.15, 0.2) is 0 Å². The minimum Gasteiger partial charge on any atom is -0.494 e. The zero-order valence-corrected chi connectivity index (χ0v) is 14.8. The first kappa shape index (κ1) is 18.1. The highest BCUT2D eigenvalue weighted by Gasteiger charge is 2.05. The maximum Gasteiger partial charge on any atom is 0.217 e. The molecule has 1 N–H and O–H groups in total. The van der Waals surface area contributed by atoms with E-state index in [9.17, 15) is 4.79 Å². The van der Waals surface area contributed by atoms with Crippen molar-refractivity contribution in [3.05, 3.63) is 54.1 Å². The molecule has 0 aliphatic heterocycles. The summed E-state index contributed by atoms with van der Waals surface area (Å²) in [4.78, 5) is 11.1. The zero-order chi connectivity index (χ0) is 17.4. The van der Waals surface area contributed by atoms with Crippen molar-refractivity contribution in [3.8, 4) is 16.9 Å². The second kappa shape index (κ2) is 9.11. The highest BCUT2D eigenvalue weighted by Crippen LogP contribution is 2.23. The van der Waals surface area contributed by atoms with Crippen LogP contribution in [0.15, 0.2) is 48.5 Å². The molecule has 24 heavy (non-hydrogen) atoms. The molecular weight excluding hydrogens is 298 g/mol. The molecule has 0 fully saturated rings. The van der Waals surface area contributed by atoms with Crippen molar-refractivity contribution in [2.24, 2.45) is 0 Å². The third kappa shape index (κ3) is 5.73. The van der Waals surface area contributed by atoms with Gasteiger partial charge in [-0.1, -0.05) is 49.7 Å². The first-order chi connectivity index (χ1) is 11.6. The molecule has 3 nitrogen and oxygen atoms in total. The van der Waals surface area contributed by atoms with E-state index in [1.165, 1.54) is 16.7 Å². The van der Waals surface area contributed by atoms with Gasteiger partial charge in [-0.2, -0.15) is 0 Å². The van der Waals surface area contributed by atoms with E-state index in [0.717, 1.165) is 31.6 Å². The maximum atomic E-state index is 11.1. The standard InChI is InChI=1S/C21H27NO2/c1-4-5-14-24-21-12-10-20(11-13-21)19-8-6-18(7-9-19)15-16(2)22-17(3)23/h6-13,16H,4-5,14-15H2,1-3H3,(H,22,23). The topological polar surface area (TPSA) is 38.3 Å². The van der Waals surface area contributed by atoms with Crippen LogP contribution in [0.25, 0.3) is 11.1 Å². The van der Waals surface area contributed by atoms with Gasteiger partial charge < -0.3 is 10.1 Å². The van der Waals surface area contributed by atoms with E-state index in [-0.39, 0.29) is 11.9 Å². The number of nitrogens with one attached hydrogen (secondary N) is 1. The maximum absolute atomic E-state index is 11.1. The highest BCUT2D eigenvalue weighted by molar-refractivity contribution is 5.73. The predicted octanol–water partition coefficient (Wildman–Crippen LogP) is 4.60. The van der Waals surface area contributed by atoms with E-state index in [1.54, 1.807) is 6.92 Å². The molecule has 2 aromatic rings. The minimum atomic E-state index is 0.0142. The summed E-state index contributed by atoms with van der Waals surface area (Å²) in [6, 6.07) is 16.9. The molecule has 1 atom stereocenters. The lowest BCUT2D eigenvalue weighted by molar-refractivity contribution is -0.119. The molecule has 1 amide bonds.